The zero-order valence-electron chi connectivity index (χ0n) is 11.5. The van der Waals surface area contributed by atoms with E-state index in [-0.39, 0.29) is 12.1 Å². The lowest BCUT2D eigenvalue weighted by Gasteiger charge is -2.44. The molecule has 0 aromatic rings. The van der Waals surface area contributed by atoms with Crippen LogP contribution in [0.4, 0.5) is 0 Å². The number of hydrogen-bond acceptors (Lipinski definition) is 3. The standard InChI is InChI=1S/C15H28N2O/c16-15(11-18,14-5-6-14)10-17-8-7-12-3-1-2-4-13(12)9-17/h12-14,18H,1-11,16H2. The Morgan fingerprint density at radius 2 is 1.78 bits per heavy atom. The topological polar surface area (TPSA) is 49.5 Å². The fraction of sp³-hybridized carbons (Fsp3) is 1.00. The van der Waals surface area contributed by atoms with Crippen molar-refractivity contribution in [2.75, 3.05) is 26.2 Å². The summed E-state index contributed by atoms with van der Waals surface area (Å²) in [4.78, 5) is 2.54. The average Bonchev–Trinajstić information content (AvgIpc) is 3.23. The second-order valence-electron chi connectivity index (χ2n) is 6.99. The second kappa shape index (κ2) is 5.10. The van der Waals surface area contributed by atoms with Gasteiger partial charge in [0.1, 0.15) is 0 Å². The SMILES string of the molecule is NC(CO)(CN1CCC2CCCCC2C1)C1CC1. The molecule has 3 heteroatoms. The lowest BCUT2D eigenvalue weighted by Crippen LogP contribution is -2.57. The summed E-state index contributed by atoms with van der Waals surface area (Å²) in [6.45, 7) is 3.50. The average molecular weight is 252 g/mol. The highest BCUT2D eigenvalue weighted by Crippen LogP contribution is 2.40. The molecule has 0 aromatic heterocycles. The molecule has 1 aliphatic heterocycles. The van der Waals surface area contributed by atoms with Gasteiger partial charge in [-0.3, -0.25) is 0 Å². The molecule has 0 aromatic carbocycles. The first-order chi connectivity index (χ1) is 8.71. The first-order valence-electron chi connectivity index (χ1n) is 7.83. The molecule has 3 atom stereocenters. The largest absolute Gasteiger partial charge is 0.394 e. The molecule has 3 aliphatic rings. The maximum Gasteiger partial charge on any atom is 0.0626 e. The Hall–Kier alpha value is -0.120. The molecule has 3 rings (SSSR count). The van der Waals surface area contributed by atoms with E-state index in [1.165, 1.54) is 58.0 Å². The number of likely N-dealkylation sites (tertiary alicyclic amines) is 1. The molecule has 0 bridgehead atoms. The smallest absolute Gasteiger partial charge is 0.0626 e. The summed E-state index contributed by atoms with van der Waals surface area (Å²) in [7, 11) is 0. The van der Waals surface area contributed by atoms with Crippen LogP contribution in [-0.2, 0) is 0 Å². The molecular weight excluding hydrogens is 224 g/mol. The van der Waals surface area contributed by atoms with Crippen LogP contribution in [0, 0.1) is 17.8 Å². The van der Waals surface area contributed by atoms with Gasteiger partial charge in [-0.05, 0) is 50.0 Å². The van der Waals surface area contributed by atoms with Gasteiger partial charge in [-0.25, -0.2) is 0 Å². The van der Waals surface area contributed by atoms with Crippen molar-refractivity contribution in [3.63, 3.8) is 0 Å². The molecule has 2 aliphatic carbocycles. The molecule has 2 saturated carbocycles. The lowest BCUT2D eigenvalue weighted by molar-refractivity contribution is 0.0508. The fourth-order valence-corrected chi connectivity index (χ4v) is 4.20. The Balaban J connectivity index is 1.57. The molecule has 0 spiro atoms. The van der Waals surface area contributed by atoms with Gasteiger partial charge < -0.3 is 15.7 Å². The first-order valence-corrected chi connectivity index (χ1v) is 7.83. The van der Waals surface area contributed by atoms with Crippen molar-refractivity contribution >= 4 is 0 Å². The quantitative estimate of drug-likeness (QED) is 0.799. The first kappa shape index (κ1) is 12.9. The van der Waals surface area contributed by atoms with Crippen molar-refractivity contribution in [2.45, 2.75) is 50.5 Å². The number of aliphatic hydroxyl groups excluding tert-OH is 1. The lowest BCUT2D eigenvalue weighted by atomic mass is 9.75. The maximum absolute atomic E-state index is 9.61. The summed E-state index contributed by atoms with van der Waals surface area (Å²) in [5.74, 6) is 2.47. The van der Waals surface area contributed by atoms with E-state index in [1.54, 1.807) is 0 Å². The van der Waals surface area contributed by atoms with Crippen LogP contribution in [0.15, 0.2) is 0 Å². The van der Waals surface area contributed by atoms with Gasteiger partial charge in [0, 0.05) is 13.1 Å². The molecule has 18 heavy (non-hydrogen) atoms. The van der Waals surface area contributed by atoms with Crippen molar-refractivity contribution in [3.8, 4) is 0 Å². The van der Waals surface area contributed by atoms with Gasteiger partial charge in [-0.1, -0.05) is 19.3 Å². The van der Waals surface area contributed by atoms with Crippen molar-refractivity contribution in [2.24, 2.45) is 23.5 Å². The van der Waals surface area contributed by atoms with Crippen molar-refractivity contribution < 1.29 is 5.11 Å². The normalized spacial score (nSPS) is 37.0. The zero-order valence-corrected chi connectivity index (χ0v) is 11.5. The zero-order chi connectivity index (χ0) is 12.6. The Morgan fingerprint density at radius 1 is 1.06 bits per heavy atom. The summed E-state index contributed by atoms with van der Waals surface area (Å²) < 4.78 is 0. The van der Waals surface area contributed by atoms with Crippen molar-refractivity contribution in [1.82, 2.24) is 4.90 Å². The Morgan fingerprint density at radius 3 is 2.44 bits per heavy atom. The summed E-state index contributed by atoms with van der Waals surface area (Å²) in [5.41, 5.74) is 6.09. The van der Waals surface area contributed by atoms with Crippen LogP contribution >= 0.6 is 0 Å². The predicted octanol–water partition coefficient (Wildman–Crippen LogP) is 1.60. The third-order valence-electron chi connectivity index (χ3n) is 5.58. The molecule has 1 saturated heterocycles. The van der Waals surface area contributed by atoms with Gasteiger partial charge in [0.15, 0.2) is 0 Å². The van der Waals surface area contributed by atoms with Crippen LogP contribution < -0.4 is 5.73 Å². The van der Waals surface area contributed by atoms with E-state index in [2.05, 4.69) is 4.90 Å². The minimum atomic E-state index is -0.318. The molecule has 3 nitrogen and oxygen atoms in total. The summed E-state index contributed by atoms with van der Waals surface area (Å²) in [5, 5.41) is 9.61. The fourth-order valence-electron chi connectivity index (χ4n) is 4.20. The van der Waals surface area contributed by atoms with Crippen LogP contribution in [-0.4, -0.2) is 41.8 Å². The molecule has 1 heterocycles. The van der Waals surface area contributed by atoms with Crippen LogP contribution in [0.1, 0.15) is 44.9 Å². The van der Waals surface area contributed by atoms with Gasteiger partial charge in [0.05, 0.1) is 12.1 Å². The van der Waals surface area contributed by atoms with Crippen molar-refractivity contribution in [3.05, 3.63) is 0 Å². The van der Waals surface area contributed by atoms with E-state index >= 15 is 0 Å². The number of nitrogens with zero attached hydrogens (tertiary/aromatic N) is 1. The van der Waals surface area contributed by atoms with Gasteiger partial charge in [-0.15, -0.1) is 0 Å². The van der Waals surface area contributed by atoms with Crippen LogP contribution in [0.2, 0.25) is 0 Å². The minimum Gasteiger partial charge on any atom is -0.394 e. The third-order valence-corrected chi connectivity index (χ3v) is 5.58. The Labute approximate surface area is 111 Å². The summed E-state index contributed by atoms with van der Waals surface area (Å²) in [6, 6.07) is 0. The van der Waals surface area contributed by atoms with E-state index < -0.39 is 0 Å². The molecule has 3 unspecified atom stereocenters. The molecule has 0 amide bonds. The van der Waals surface area contributed by atoms with Crippen molar-refractivity contribution in [1.29, 1.82) is 0 Å². The van der Waals surface area contributed by atoms with Crippen LogP contribution in [0.3, 0.4) is 0 Å². The molecule has 104 valence electrons. The molecule has 3 fully saturated rings. The number of hydrogen-bond donors (Lipinski definition) is 2. The number of rotatable bonds is 4. The monoisotopic (exact) mass is 252 g/mol. The van der Waals surface area contributed by atoms with E-state index in [9.17, 15) is 5.11 Å². The predicted molar refractivity (Wildman–Crippen MR) is 73.2 cm³/mol. The van der Waals surface area contributed by atoms with Gasteiger partial charge >= 0.3 is 0 Å². The van der Waals surface area contributed by atoms with Crippen LogP contribution in [0.25, 0.3) is 0 Å². The number of fused-ring (bicyclic) bond motifs is 1. The highest BCUT2D eigenvalue weighted by atomic mass is 16.3. The molecular formula is C15H28N2O. The van der Waals surface area contributed by atoms with E-state index in [1.807, 2.05) is 0 Å². The van der Waals surface area contributed by atoms with Crippen LogP contribution in [0.5, 0.6) is 0 Å². The number of piperidine rings is 1. The van der Waals surface area contributed by atoms with E-state index in [0.29, 0.717) is 5.92 Å². The maximum atomic E-state index is 9.61. The number of aliphatic hydroxyl groups is 1. The van der Waals surface area contributed by atoms with E-state index in [0.717, 1.165) is 18.4 Å². The second-order valence-corrected chi connectivity index (χ2v) is 6.99. The van der Waals surface area contributed by atoms with Gasteiger partial charge in [0.2, 0.25) is 0 Å². The Kier molecular flexibility index (Phi) is 3.65. The molecule has 0 radical (unpaired) electrons. The molecule has 3 N–H and O–H groups in total. The van der Waals surface area contributed by atoms with Gasteiger partial charge in [-0.2, -0.15) is 0 Å². The minimum absolute atomic E-state index is 0.155. The number of nitrogens with two attached hydrogens (primary N) is 1. The third kappa shape index (κ3) is 2.59. The van der Waals surface area contributed by atoms with E-state index in [4.69, 9.17) is 5.73 Å². The Bertz CT molecular complexity index is 292. The highest BCUT2D eigenvalue weighted by Gasteiger charge is 2.44. The van der Waals surface area contributed by atoms with Gasteiger partial charge in [0.25, 0.3) is 0 Å². The highest BCUT2D eigenvalue weighted by molar-refractivity contribution is 5.01. The summed E-state index contributed by atoms with van der Waals surface area (Å²) in [6.07, 6.45) is 9.53. The summed E-state index contributed by atoms with van der Waals surface area (Å²) >= 11 is 0.